The van der Waals surface area contributed by atoms with E-state index in [-0.39, 0.29) is 12.3 Å². The van der Waals surface area contributed by atoms with Crippen LogP contribution in [-0.2, 0) is 11.2 Å². The van der Waals surface area contributed by atoms with Gasteiger partial charge in [-0.25, -0.2) is 0 Å². The van der Waals surface area contributed by atoms with Gasteiger partial charge in [-0.15, -0.1) is 0 Å². The van der Waals surface area contributed by atoms with Crippen molar-refractivity contribution in [2.45, 2.75) is 20.3 Å². The Morgan fingerprint density at radius 3 is 2.74 bits per heavy atom. The Bertz CT molecular complexity index is 864. The second-order valence-electron chi connectivity index (χ2n) is 5.65. The van der Waals surface area contributed by atoms with E-state index >= 15 is 0 Å². The minimum Gasteiger partial charge on any atom is -0.497 e. The smallest absolute Gasteiger partial charge is 0.228 e. The minimum atomic E-state index is -0.0841. The number of nitrogens with one attached hydrogen (secondary N) is 1. The molecule has 1 aromatic heterocycles. The summed E-state index contributed by atoms with van der Waals surface area (Å²) in [4.78, 5) is 12.3. The number of carbonyl (C=O) groups is 1. The van der Waals surface area contributed by atoms with Gasteiger partial charge in [0.05, 0.1) is 19.8 Å². The average molecular weight is 309 g/mol. The van der Waals surface area contributed by atoms with Gasteiger partial charge in [-0.2, -0.15) is 0 Å². The van der Waals surface area contributed by atoms with E-state index in [1.807, 2.05) is 31.2 Å². The molecule has 2 aromatic carbocycles. The van der Waals surface area contributed by atoms with Crippen molar-refractivity contribution in [1.82, 2.24) is 0 Å². The zero-order valence-electron chi connectivity index (χ0n) is 13.5. The van der Waals surface area contributed by atoms with Crippen molar-refractivity contribution in [1.29, 1.82) is 0 Å². The van der Waals surface area contributed by atoms with Gasteiger partial charge >= 0.3 is 0 Å². The normalized spacial score (nSPS) is 10.7. The highest BCUT2D eigenvalue weighted by molar-refractivity contribution is 5.95. The fraction of sp³-hybridized carbons (Fsp3) is 0.211. The van der Waals surface area contributed by atoms with Gasteiger partial charge < -0.3 is 14.5 Å². The number of fused-ring (bicyclic) bond motifs is 1. The Morgan fingerprint density at radius 2 is 1.96 bits per heavy atom. The van der Waals surface area contributed by atoms with Gasteiger partial charge in [0.2, 0.25) is 5.91 Å². The number of hydrogen-bond donors (Lipinski definition) is 1. The van der Waals surface area contributed by atoms with E-state index in [4.69, 9.17) is 9.15 Å². The quantitative estimate of drug-likeness (QED) is 0.784. The van der Waals surface area contributed by atoms with Crippen molar-refractivity contribution in [3.63, 3.8) is 0 Å². The van der Waals surface area contributed by atoms with Crippen molar-refractivity contribution in [2.24, 2.45) is 0 Å². The number of hydrogen-bond acceptors (Lipinski definition) is 3. The minimum absolute atomic E-state index is 0.0841. The van der Waals surface area contributed by atoms with E-state index < -0.39 is 0 Å². The number of anilines is 1. The van der Waals surface area contributed by atoms with Gasteiger partial charge in [-0.1, -0.05) is 6.07 Å². The summed E-state index contributed by atoms with van der Waals surface area (Å²) >= 11 is 0. The van der Waals surface area contributed by atoms with Gasteiger partial charge in [0, 0.05) is 22.7 Å². The number of aryl methyl sites for hydroxylation is 2. The summed E-state index contributed by atoms with van der Waals surface area (Å²) in [6, 6.07) is 11.4. The number of rotatable bonds is 4. The number of carbonyl (C=O) groups excluding carboxylic acids is 1. The Kier molecular flexibility index (Phi) is 4.06. The molecule has 0 aliphatic heterocycles. The van der Waals surface area contributed by atoms with Gasteiger partial charge in [0.15, 0.2) is 0 Å². The molecule has 0 spiro atoms. The molecule has 3 rings (SSSR count). The zero-order chi connectivity index (χ0) is 16.4. The maximum absolute atomic E-state index is 12.3. The Balaban J connectivity index is 1.79. The molecule has 0 atom stereocenters. The van der Waals surface area contributed by atoms with Crippen LogP contribution in [0, 0.1) is 13.8 Å². The highest BCUT2D eigenvalue weighted by Crippen LogP contribution is 2.25. The van der Waals surface area contributed by atoms with Crippen molar-refractivity contribution < 1.29 is 13.9 Å². The first-order valence-corrected chi connectivity index (χ1v) is 7.48. The Labute approximate surface area is 135 Å². The van der Waals surface area contributed by atoms with Gasteiger partial charge in [0.1, 0.15) is 11.3 Å². The molecule has 3 aromatic rings. The largest absolute Gasteiger partial charge is 0.497 e. The highest BCUT2D eigenvalue weighted by atomic mass is 16.5. The molecule has 0 unspecified atom stereocenters. The van der Waals surface area contributed by atoms with Crippen LogP contribution in [0.15, 0.2) is 47.1 Å². The number of furan rings is 1. The lowest BCUT2D eigenvalue weighted by Gasteiger charge is -2.06. The summed E-state index contributed by atoms with van der Waals surface area (Å²) < 4.78 is 10.7. The molecule has 0 bridgehead atoms. The predicted molar refractivity (Wildman–Crippen MR) is 91.0 cm³/mol. The lowest BCUT2D eigenvalue weighted by Crippen LogP contribution is -2.14. The molecule has 0 aliphatic rings. The molecule has 1 heterocycles. The number of benzene rings is 2. The van der Waals surface area contributed by atoms with Crippen LogP contribution in [0.1, 0.15) is 16.7 Å². The molecule has 0 saturated carbocycles. The molecule has 4 nitrogen and oxygen atoms in total. The third-order valence-electron chi connectivity index (χ3n) is 3.97. The van der Waals surface area contributed by atoms with Crippen molar-refractivity contribution in [2.75, 3.05) is 12.4 Å². The summed E-state index contributed by atoms with van der Waals surface area (Å²) in [5, 5.41) is 3.88. The van der Waals surface area contributed by atoms with Crippen molar-refractivity contribution >= 4 is 22.6 Å². The topological polar surface area (TPSA) is 51.5 Å². The van der Waals surface area contributed by atoms with Crippen LogP contribution in [0.25, 0.3) is 11.0 Å². The maximum atomic E-state index is 12.3. The number of ether oxygens (including phenoxy) is 1. The number of amides is 1. The van der Waals surface area contributed by atoms with Gasteiger partial charge in [-0.3, -0.25) is 4.79 Å². The van der Waals surface area contributed by atoms with Crippen molar-refractivity contribution in [3.8, 4) is 5.75 Å². The van der Waals surface area contributed by atoms with Gasteiger partial charge in [0.25, 0.3) is 0 Å². The van der Waals surface area contributed by atoms with Crippen LogP contribution < -0.4 is 10.1 Å². The monoisotopic (exact) mass is 309 g/mol. The molecule has 118 valence electrons. The molecule has 4 heteroatoms. The third kappa shape index (κ3) is 3.21. The molecule has 0 saturated heterocycles. The standard InChI is InChI=1S/C19H19NO3/c1-12-7-17-14(11-23-18(17)8-13(12)2)9-19(21)20-15-5-4-6-16(10-15)22-3/h4-8,10-11H,9H2,1-3H3,(H,20,21). The first-order chi connectivity index (χ1) is 11.1. The predicted octanol–water partition coefficient (Wildman–Crippen LogP) is 4.24. The molecule has 23 heavy (non-hydrogen) atoms. The number of methoxy groups -OCH3 is 1. The molecule has 0 fully saturated rings. The molecular weight excluding hydrogens is 290 g/mol. The molecule has 1 amide bonds. The summed E-state index contributed by atoms with van der Waals surface area (Å²) in [7, 11) is 1.60. The first kappa shape index (κ1) is 15.2. The second-order valence-corrected chi connectivity index (χ2v) is 5.65. The maximum Gasteiger partial charge on any atom is 0.228 e. The van der Waals surface area contributed by atoms with Crippen LogP contribution in [0.5, 0.6) is 5.75 Å². The molecule has 0 aliphatic carbocycles. The summed E-state index contributed by atoms with van der Waals surface area (Å²) in [5.41, 5.74) is 4.79. The lowest BCUT2D eigenvalue weighted by atomic mass is 10.0. The van der Waals surface area contributed by atoms with Crippen LogP contribution in [0.3, 0.4) is 0 Å². The van der Waals surface area contributed by atoms with E-state index in [1.54, 1.807) is 19.4 Å². The van der Waals surface area contributed by atoms with E-state index in [0.29, 0.717) is 11.4 Å². The summed E-state index contributed by atoms with van der Waals surface area (Å²) in [5.74, 6) is 0.627. The zero-order valence-corrected chi connectivity index (χ0v) is 13.5. The Morgan fingerprint density at radius 1 is 1.17 bits per heavy atom. The van der Waals surface area contributed by atoms with E-state index in [1.165, 1.54) is 11.1 Å². The average Bonchev–Trinajstić information content (AvgIpc) is 2.90. The summed E-state index contributed by atoms with van der Waals surface area (Å²) in [6.07, 6.45) is 1.93. The highest BCUT2D eigenvalue weighted by Gasteiger charge is 2.12. The fourth-order valence-corrected chi connectivity index (χ4v) is 2.55. The third-order valence-corrected chi connectivity index (χ3v) is 3.97. The fourth-order valence-electron chi connectivity index (χ4n) is 2.55. The van der Waals surface area contributed by atoms with E-state index in [2.05, 4.69) is 18.3 Å². The lowest BCUT2D eigenvalue weighted by molar-refractivity contribution is -0.115. The van der Waals surface area contributed by atoms with Crippen LogP contribution in [-0.4, -0.2) is 13.0 Å². The molecular formula is C19H19NO3. The van der Waals surface area contributed by atoms with E-state index in [9.17, 15) is 4.79 Å². The second kappa shape index (κ2) is 6.16. The first-order valence-electron chi connectivity index (χ1n) is 7.48. The van der Waals surface area contributed by atoms with Crippen LogP contribution in [0.2, 0.25) is 0 Å². The molecule has 1 N–H and O–H groups in total. The van der Waals surface area contributed by atoms with Gasteiger partial charge in [-0.05, 0) is 49.2 Å². The molecule has 0 radical (unpaired) electrons. The summed E-state index contributed by atoms with van der Waals surface area (Å²) in [6.45, 7) is 4.11. The van der Waals surface area contributed by atoms with Crippen LogP contribution >= 0.6 is 0 Å². The SMILES string of the molecule is COc1cccc(NC(=O)Cc2coc3cc(C)c(C)cc23)c1. The van der Waals surface area contributed by atoms with Crippen molar-refractivity contribution in [3.05, 3.63) is 59.4 Å². The van der Waals surface area contributed by atoms with Crippen LogP contribution in [0.4, 0.5) is 5.69 Å². The Hall–Kier alpha value is -2.75. The van der Waals surface area contributed by atoms with E-state index in [0.717, 1.165) is 16.5 Å².